The van der Waals surface area contributed by atoms with Crippen LogP contribution in [0.5, 0.6) is 0 Å². The van der Waals surface area contributed by atoms with Crippen LogP contribution in [0.15, 0.2) is 48.8 Å². The number of carbonyl (C=O) groups is 2. The molecule has 7 nitrogen and oxygen atoms in total. The average molecular weight is 303 g/mol. The second kappa shape index (κ2) is 7.26. The Hall–Kier alpha value is -2.83. The number of nitrogens with one attached hydrogen (secondary N) is 1. The molecule has 0 aliphatic carbocycles. The third-order valence-electron chi connectivity index (χ3n) is 3.18. The molecule has 2 aromatic rings. The summed E-state index contributed by atoms with van der Waals surface area (Å²) in [6.45, 7) is 1.73. The predicted molar refractivity (Wildman–Crippen MR) is 78.1 cm³/mol. The van der Waals surface area contributed by atoms with Gasteiger partial charge in [0.15, 0.2) is 6.04 Å². The van der Waals surface area contributed by atoms with E-state index in [0.29, 0.717) is 0 Å². The molecule has 0 radical (unpaired) electrons. The minimum atomic E-state index is -1.15. The number of alkyl carbamates (subject to hydrolysis) is 1. The quantitative estimate of drug-likeness (QED) is 0.849. The zero-order valence-electron chi connectivity index (χ0n) is 12.0. The molecule has 2 atom stereocenters. The van der Waals surface area contributed by atoms with Crippen molar-refractivity contribution in [2.24, 2.45) is 0 Å². The second-order valence-electron chi connectivity index (χ2n) is 4.75. The predicted octanol–water partition coefficient (Wildman–Crippen LogP) is 1.82. The van der Waals surface area contributed by atoms with Crippen LogP contribution in [-0.4, -0.2) is 33.0 Å². The summed E-state index contributed by atoms with van der Waals surface area (Å²) in [6.07, 6.45) is 2.40. The Kier molecular flexibility index (Phi) is 5.13. The fourth-order valence-corrected chi connectivity index (χ4v) is 1.95. The van der Waals surface area contributed by atoms with Crippen molar-refractivity contribution in [2.45, 2.75) is 25.6 Å². The largest absolute Gasteiger partial charge is 0.480 e. The Morgan fingerprint density at radius 3 is 2.64 bits per heavy atom. The van der Waals surface area contributed by atoms with Crippen molar-refractivity contribution in [1.82, 2.24) is 15.1 Å². The van der Waals surface area contributed by atoms with Gasteiger partial charge in [0.1, 0.15) is 6.61 Å². The number of hydrogen-bond donors (Lipinski definition) is 2. The third kappa shape index (κ3) is 4.08. The van der Waals surface area contributed by atoms with E-state index >= 15 is 0 Å². The summed E-state index contributed by atoms with van der Waals surface area (Å²) in [5, 5.41) is 15.6. The molecular weight excluding hydrogens is 286 g/mol. The van der Waals surface area contributed by atoms with E-state index in [4.69, 9.17) is 4.74 Å². The Morgan fingerprint density at radius 1 is 1.32 bits per heavy atom. The van der Waals surface area contributed by atoms with E-state index in [0.717, 1.165) is 5.56 Å². The van der Waals surface area contributed by atoms with E-state index in [2.05, 4.69) is 10.4 Å². The highest BCUT2D eigenvalue weighted by molar-refractivity contribution is 5.80. The molecular formula is C15H17N3O4. The fourth-order valence-electron chi connectivity index (χ4n) is 1.95. The van der Waals surface area contributed by atoms with Gasteiger partial charge in [-0.1, -0.05) is 30.3 Å². The summed E-state index contributed by atoms with van der Waals surface area (Å²) in [6, 6.07) is 9.15. The maximum Gasteiger partial charge on any atom is 0.408 e. The number of nitrogens with zero attached hydrogens (tertiary/aromatic N) is 2. The summed E-state index contributed by atoms with van der Waals surface area (Å²) in [5.74, 6) is -1.15. The van der Waals surface area contributed by atoms with Crippen LogP contribution < -0.4 is 5.32 Å². The molecule has 116 valence electrons. The van der Waals surface area contributed by atoms with Crippen LogP contribution in [-0.2, 0) is 16.1 Å². The van der Waals surface area contributed by atoms with Gasteiger partial charge in [0.25, 0.3) is 0 Å². The smallest absolute Gasteiger partial charge is 0.408 e. The molecule has 2 rings (SSSR count). The molecule has 1 aromatic carbocycles. The number of ether oxygens (including phenoxy) is 1. The van der Waals surface area contributed by atoms with Crippen molar-refractivity contribution in [3.05, 3.63) is 54.4 Å². The molecule has 2 unspecified atom stereocenters. The molecule has 0 fully saturated rings. The van der Waals surface area contributed by atoms with Gasteiger partial charge in [-0.3, -0.25) is 4.68 Å². The Morgan fingerprint density at radius 2 is 2.05 bits per heavy atom. The lowest BCUT2D eigenvalue weighted by Crippen LogP contribution is -2.46. The van der Waals surface area contributed by atoms with Crippen LogP contribution in [0.4, 0.5) is 4.79 Å². The van der Waals surface area contributed by atoms with Gasteiger partial charge >= 0.3 is 12.1 Å². The first kappa shape index (κ1) is 15.6. The molecule has 7 heteroatoms. The first-order valence-electron chi connectivity index (χ1n) is 6.77. The molecule has 0 spiro atoms. The maximum atomic E-state index is 11.8. The molecule has 0 aliphatic heterocycles. The minimum Gasteiger partial charge on any atom is -0.480 e. The van der Waals surface area contributed by atoms with Gasteiger partial charge in [-0.15, -0.1) is 0 Å². The third-order valence-corrected chi connectivity index (χ3v) is 3.18. The normalized spacial score (nSPS) is 13.1. The summed E-state index contributed by atoms with van der Waals surface area (Å²) in [4.78, 5) is 23.1. The van der Waals surface area contributed by atoms with Crippen molar-refractivity contribution < 1.29 is 19.4 Å². The highest BCUT2D eigenvalue weighted by Gasteiger charge is 2.28. The van der Waals surface area contributed by atoms with Crippen molar-refractivity contribution in [2.75, 3.05) is 0 Å². The maximum absolute atomic E-state index is 11.8. The van der Waals surface area contributed by atoms with Gasteiger partial charge in [0, 0.05) is 12.4 Å². The molecule has 1 amide bonds. The van der Waals surface area contributed by atoms with E-state index < -0.39 is 24.1 Å². The lowest BCUT2D eigenvalue weighted by atomic mass is 10.1. The first-order chi connectivity index (χ1) is 10.6. The van der Waals surface area contributed by atoms with Crippen molar-refractivity contribution in [3.8, 4) is 0 Å². The number of carboxylic acid groups (broad SMARTS) is 1. The van der Waals surface area contributed by atoms with Crippen LogP contribution in [0, 0.1) is 0 Å². The Balaban J connectivity index is 1.93. The molecule has 0 saturated carbocycles. The standard InChI is InChI=1S/C15H17N3O4/c1-11(18-9-5-8-16-18)13(14(19)20)17-15(21)22-10-12-6-3-2-4-7-12/h2-9,11,13H,10H2,1H3,(H,17,21)(H,19,20). The van der Waals surface area contributed by atoms with Crippen LogP contribution in [0.1, 0.15) is 18.5 Å². The number of aromatic nitrogens is 2. The SMILES string of the molecule is CC(C(NC(=O)OCc1ccccc1)C(=O)O)n1cccn1. The van der Waals surface area contributed by atoms with Gasteiger partial charge in [-0.05, 0) is 18.6 Å². The molecule has 0 aliphatic rings. The van der Waals surface area contributed by atoms with Crippen molar-refractivity contribution >= 4 is 12.1 Å². The van der Waals surface area contributed by atoms with Crippen LogP contribution in [0.2, 0.25) is 0 Å². The number of amides is 1. The van der Waals surface area contributed by atoms with Crippen molar-refractivity contribution in [3.63, 3.8) is 0 Å². The summed E-state index contributed by atoms with van der Waals surface area (Å²) >= 11 is 0. The van der Waals surface area contributed by atoms with E-state index in [1.54, 1.807) is 25.4 Å². The molecule has 1 aromatic heterocycles. The number of hydrogen-bond acceptors (Lipinski definition) is 4. The van der Waals surface area contributed by atoms with E-state index in [9.17, 15) is 14.7 Å². The number of benzene rings is 1. The molecule has 0 bridgehead atoms. The zero-order valence-corrected chi connectivity index (χ0v) is 12.0. The summed E-state index contributed by atoms with van der Waals surface area (Å²) in [7, 11) is 0. The van der Waals surface area contributed by atoms with Crippen LogP contribution in [0.25, 0.3) is 0 Å². The zero-order chi connectivity index (χ0) is 15.9. The number of carbonyl (C=O) groups excluding carboxylic acids is 1. The summed E-state index contributed by atoms with van der Waals surface area (Å²) < 4.78 is 6.50. The second-order valence-corrected chi connectivity index (χ2v) is 4.75. The van der Waals surface area contributed by atoms with Gasteiger partial charge in [0.2, 0.25) is 0 Å². The Bertz CT molecular complexity index is 613. The lowest BCUT2D eigenvalue weighted by molar-refractivity contribution is -0.140. The Labute approximate surface area is 127 Å². The average Bonchev–Trinajstić information content (AvgIpc) is 3.05. The monoisotopic (exact) mass is 303 g/mol. The highest BCUT2D eigenvalue weighted by Crippen LogP contribution is 2.10. The number of aliphatic carboxylic acids is 1. The van der Waals surface area contributed by atoms with Gasteiger partial charge in [0.05, 0.1) is 6.04 Å². The van der Waals surface area contributed by atoms with Crippen LogP contribution in [0.3, 0.4) is 0 Å². The van der Waals surface area contributed by atoms with Crippen molar-refractivity contribution in [1.29, 1.82) is 0 Å². The molecule has 1 heterocycles. The van der Waals surface area contributed by atoms with E-state index in [-0.39, 0.29) is 6.61 Å². The fraction of sp³-hybridized carbons (Fsp3) is 0.267. The van der Waals surface area contributed by atoms with E-state index in [1.165, 1.54) is 4.68 Å². The number of rotatable bonds is 6. The lowest BCUT2D eigenvalue weighted by Gasteiger charge is -2.21. The number of carboxylic acids is 1. The minimum absolute atomic E-state index is 0.0785. The van der Waals surface area contributed by atoms with Gasteiger partial charge < -0.3 is 15.2 Å². The van der Waals surface area contributed by atoms with Gasteiger partial charge in [-0.2, -0.15) is 5.10 Å². The molecule has 0 saturated heterocycles. The molecule has 22 heavy (non-hydrogen) atoms. The molecule has 2 N–H and O–H groups in total. The first-order valence-corrected chi connectivity index (χ1v) is 6.77. The topological polar surface area (TPSA) is 93.5 Å². The van der Waals surface area contributed by atoms with E-state index in [1.807, 2.05) is 30.3 Å². The van der Waals surface area contributed by atoms with Gasteiger partial charge in [-0.25, -0.2) is 9.59 Å². The summed E-state index contributed by atoms with van der Waals surface area (Å²) in [5.41, 5.74) is 0.824. The van der Waals surface area contributed by atoms with Crippen LogP contribution >= 0.6 is 0 Å². The highest BCUT2D eigenvalue weighted by atomic mass is 16.5.